The van der Waals surface area contributed by atoms with Gasteiger partial charge in [0.1, 0.15) is 17.1 Å². The highest BCUT2D eigenvalue weighted by atomic mass is 19.1. The van der Waals surface area contributed by atoms with E-state index >= 15 is 0 Å². The summed E-state index contributed by atoms with van der Waals surface area (Å²) >= 11 is 0. The van der Waals surface area contributed by atoms with E-state index in [4.69, 9.17) is 10.5 Å². The monoisotopic (exact) mass is 368 g/mol. The van der Waals surface area contributed by atoms with Gasteiger partial charge in [-0.05, 0) is 55.0 Å². The summed E-state index contributed by atoms with van der Waals surface area (Å²) in [7, 11) is 1.55. The van der Waals surface area contributed by atoms with Crippen LogP contribution in [0.25, 0.3) is 22.3 Å². The molecule has 1 saturated carbocycles. The number of hydrogen-bond donors (Lipinski definition) is 1. The molecule has 4 rings (SSSR count). The Balaban J connectivity index is 1.78. The largest absolute Gasteiger partial charge is 0.497 e. The third-order valence-electron chi connectivity index (χ3n) is 4.89. The number of methoxy groups -OCH3 is 1. The highest BCUT2D eigenvalue weighted by Gasteiger charge is 2.28. The van der Waals surface area contributed by atoms with E-state index in [1.165, 1.54) is 6.07 Å². The van der Waals surface area contributed by atoms with E-state index in [0.29, 0.717) is 42.3 Å². The Bertz CT molecular complexity index is 1010. The fraction of sp³-hybridized carbons (Fsp3) is 0.350. The Kier molecular flexibility index (Phi) is 4.51. The summed E-state index contributed by atoms with van der Waals surface area (Å²) in [6.07, 6.45) is 4.85. The average molecular weight is 368 g/mol. The lowest BCUT2D eigenvalue weighted by molar-refractivity contribution is -0.118. The van der Waals surface area contributed by atoms with Gasteiger partial charge in [-0.3, -0.25) is 9.48 Å². The summed E-state index contributed by atoms with van der Waals surface area (Å²) in [6, 6.07) is 6.61. The van der Waals surface area contributed by atoms with E-state index in [-0.39, 0.29) is 11.7 Å². The van der Waals surface area contributed by atoms with Crippen molar-refractivity contribution >= 4 is 16.9 Å². The van der Waals surface area contributed by atoms with E-state index in [1.807, 2.05) is 10.7 Å². The number of hydrogen-bond acceptors (Lipinski definition) is 4. The summed E-state index contributed by atoms with van der Waals surface area (Å²) in [5.74, 6) is 0.374. The number of rotatable bonds is 7. The fourth-order valence-electron chi connectivity index (χ4n) is 3.38. The van der Waals surface area contributed by atoms with Crippen LogP contribution < -0.4 is 10.5 Å². The molecular formula is C20H21FN4O2. The maximum Gasteiger partial charge on any atom is 0.217 e. The minimum Gasteiger partial charge on any atom is -0.497 e. The third kappa shape index (κ3) is 3.49. The lowest BCUT2D eigenvalue weighted by Crippen LogP contribution is -2.12. The first-order valence-electron chi connectivity index (χ1n) is 9.05. The number of nitrogens with zero attached hydrogens (tertiary/aromatic N) is 3. The number of carbonyl (C=O) groups is 1. The Morgan fingerprint density at radius 1 is 1.37 bits per heavy atom. The van der Waals surface area contributed by atoms with E-state index in [1.54, 1.807) is 25.4 Å². The van der Waals surface area contributed by atoms with Gasteiger partial charge in [0.05, 0.1) is 24.5 Å². The molecule has 0 spiro atoms. The van der Waals surface area contributed by atoms with Crippen molar-refractivity contribution in [2.75, 3.05) is 7.11 Å². The zero-order chi connectivity index (χ0) is 19.0. The number of aromatic nitrogens is 3. The van der Waals surface area contributed by atoms with Crippen LogP contribution in [-0.2, 0) is 11.3 Å². The number of primary amides is 1. The molecule has 0 aliphatic heterocycles. The first-order valence-corrected chi connectivity index (χ1v) is 9.05. The van der Waals surface area contributed by atoms with E-state index < -0.39 is 0 Å². The van der Waals surface area contributed by atoms with E-state index in [2.05, 4.69) is 10.1 Å². The lowest BCUT2D eigenvalue weighted by Gasteiger charge is -2.11. The first kappa shape index (κ1) is 17.5. The molecule has 140 valence electrons. The smallest absolute Gasteiger partial charge is 0.217 e. The number of pyridine rings is 1. The predicted octanol–water partition coefficient (Wildman–Crippen LogP) is 3.39. The zero-order valence-electron chi connectivity index (χ0n) is 15.1. The second-order valence-electron chi connectivity index (χ2n) is 6.89. The van der Waals surface area contributed by atoms with E-state index in [0.717, 1.165) is 29.4 Å². The van der Waals surface area contributed by atoms with Gasteiger partial charge in [0, 0.05) is 18.5 Å². The number of fused-ring (bicyclic) bond motifs is 1. The molecule has 6 nitrogen and oxygen atoms in total. The Hall–Kier alpha value is -2.96. The van der Waals surface area contributed by atoms with Crippen LogP contribution in [0, 0.1) is 5.82 Å². The molecule has 0 radical (unpaired) electrons. The van der Waals surface area contributed by atoms with Gasteiger partial charge in [-0.25, -0.2) is 9.37 Å². The van der Waals surface area contributed by atoms with Crippen molar-refractivity contribution in [3.8, 4) is 17.0 Å². The highest BCUT2D eigenvalue weighted by Crippen LogP contribution is 2.44. The third-order valence-corrected chi connectivity index (χ3v) is 4.89. The Morgan fingerprint density at radius 3 is 2.89 bits per heavy atom. The first-order chi connectivity index (χ1) is 13.1. The van der Waals surface area contributed by atoms with Crippen molar-refractivity contribution in [3.05, 3.63) is 41.8 Å². The maximum atomic E-state index is 14.4. The minimum absolute atomic E-state index is 0.317. The summed E-state index contributed by atoms with van der Waals surface area (Å²) in [4.78, 5) is 15.6. The van der Waals surface area contributed by atoms with Gasteiger partial charge in [0.15, 0.2) is 0 Å². The lowest BCUT2D eigenvalue weighted by atomic mass is 10.0. The molecule has 2 N–H and O–H groups in total. The van der Waals surface area contributed by atoms with Crippen LogP contribution in [0.15, 0.2) is 30.5 Å². The molecule has 7 heteroatoms. The molecule has 1 amide bonds. The second kappa shape index (κ2) is 6.98. The number of halogens is 1. The molecule has 1 aliphatic carbocycles. The van der Waals surface area contributed by atoms with Gasteiger partial charge in [-0.1, -0.05) is 0 Å². The van der Waals surface area contributed by atoms with Crippen molar-refractivity contribution in [1.29, 1.82) is 0 Å². The predicted molar refractivity (Wildman–Crippen MR) is 99.9 cm³/mol. The maximum absolute atomic E-state index is 14.4. The molecule has 3 aromatic rings. The average Bonchev–Trinajstić information content (AvgIpc) is 3.42. The number of aryl methyl sites for hydroxylation is 1. The number of carbonyl (C=O) groups excluding carboxylic acids is 1. The molecular weight excluding hydrogens is 347 g/mol. The normalized spacial score (nSPS) is 13.9. The summed E-state index contributed by atoms with van der Waals surface area (Å²) in [6.45, 7) is 0.598. The molecule has 0 saturated heterocycles. The summed E-state index contributed by atoms with van der Waals surface area (Å²) in [5, 5.41) is 4.44. The van der Waals surface area contributed by atoms with Crippen LogP contribution in [0.1, 0.15) is 37.2 Å². The van der Waals surface area contributed by atoms with Crippen molar-refractivity contribution in [2.45, 2.75) is 38.1 Å². The van der Waals surface area contributed by atoms with Crippen LogP contribution in [-0.4, -0.2) is 27.8 Å². The SMILES string of the molecule is COc1ccc(F)c(-c2cc(C3CC3)c3c(cnn3CCCC(N)=O)n2)c1. The molecule has 27 heavy (non-hydrogen) atoms. The zero-order valence-corrected chi connectivity index (χ0v) is 15.1. The number of amides is 1. The molecule has 2 heterocycles. The van der Waals surface area contributed by atoms with Crippen molar-refractivity contribution < 1.29 is 13.9 Å². The molecule has 0 unspecified atom stereocenters. The van der Waals surface area contributed by atoms with E-state index in [9.17, 15) is 9.18 Å². The summed E-state index contributed by atoms with van der Waals surface area (Å²) < 4.78 is 21.5. The molecule has 1 aromatic carbocycles. The van der Waals surface area contributed by atoms with Gasteiger partial charge in [0.25, 0.3) is 0 Å². The van der Waals surface area contributed by atoms with Crippen molar-refractivity contribution in [2.24, 2.45) is 5.73 Å². The van der Waals surface area contributed by atoms with Crippen LogP contribution in [0.4, 0.5) is 4.39 Å². The molecule has 1 fully saturated rings. The van der Waals surface area contributed by atoms with Gasteiger partial charge in [-0.15, -0.1) is 0 Å². The van der Waals surface area contributed by atoms with Crippen LogP contribution in [0.5, 0.6) is 5.75 Å². The van der Waals surface area contributed by atoms with Crippen molar-refractivity contribution in [3.63, 3.8) is 0 Å². The quantitative estimate of drug-likeness (QED) is 0.693. The fourth-order valence-corrected chi connectivity index (χ4v) is 3.38. The Morgan fingerprint density at radius 2 is 2.19 bits per heavy atom. The Labute approximate surface area is 156 Å². The topological polar surface area (TPSA) is 83.0 Å². The van der Waals surface area contributed by atoms with Crippen LogP contribution >= 0.6 is 0 Å². The van der Waals surface area contributed by atoms with Crippen LogP contribution in [0.2, 0.25) is 0 Å². The molecule has 2 aromatic heterocycles. The van der Waals surface area contributed by atoms with Gasteiger partial charge >= 0.3 is 0 Å². The number of ether oxygens (including phenoxy) is 1. The van der Waals surface area contributed by atoms with Gasteiger partial charge < -0.3 is 10.5 Å². The minimum atomic E-state index is -0.335. The second-order valence-corrected chi connectivity index (χ2v) is 6.89. The standard InChI is InChI=1S/C20H21FN4O2/c1-27-13-6-7-16(21)15(9-13)17-10-14(12-4-5-12)20-18(24-17)11-23-25(20)8-2-3-19(22)26/h6-7,9-12H,2-5,8H2,1H3,(H2,22,26). The molecule has 0 atom stereocenters. The number of benzene rings is 1. The summed E-state index contributed by atoms with van der Waals surface area (Å²) in [5.41, 5.74) is 9.06. The molecule has 0 bridgehead atoms. The molecule has 1 aliphatic rings. The van der Waals surface area contributed by atoms with Gasteiger partial charge in [0.2, 0.25) is 5.91 Å². The highest BCUT2D eigenvalue weighted by molar-refractivity contribution is 5.83. The van der Waals surface area contributed by atoms with Gasteiger partial charge in [-0.2, -0.15) is 5.10 Å². The van der Waals surface area contributed by atoms with Crippen LogP contribution in [0.3, 0.4) is 0 Å². The number of nitrogens with two attached hydrogens (primary N) is 1. The van der Waals surface area contributed by atoms with Crippen molar-refractivity contribution in [1.82, 2.24) is 14.8 Å².